The molecule has 0 radical (unpaired) electrons. The molecule has 0 aliphatic heterocycles. The van der Waals surface area contributed by atoms with Gasteiger partial charge in [-0.2, -0.15) is 0 Å². The van der Waals surface area contributed by atoms with Crippen molar-refractivity contribution in [1.82, 2.24) is 0 Å². The van der Waals surface area contributed by atoms with Gasteiger partial charge in [0.15, 0.2) is 0 Å². The van der Waals surface area contributed by atoms with Gasteiger partial charge in [-0.15, -0.1) is 25.6 Å². The summed E-state index contributed by atoms with van der Waals surface area (Å²) in [5.74, 6) is 0.306. The summed E-state index contributed by atoms with van der Waals surface area (Å²) in [6, 6.07) is 12.5. The van der Waals surface area contributed by atoms with E-state index in [0.717, 1.165) is 12.0 Å². The van der Waals surface area contributed by atoms with Gasteiger partial charge < -0.3 is 10.5 Å². The molecule has 2 nitrogen and oxygen atoms in total. The lowest BCUT2D eigenvalue weighted by molar-refractivity contribution is -0.274. The SMILES string of the molecule is CC(C)Cc1ccc(-c2ccc(CN)c(OC(F)(F)F)c2)cc1.Cl. The Labute approximate surface area is 146 Å². The van der Waals surface area contributed by atoms with Crippen molar-refractivity contribution >= 4 is 12.4 Å². The molecule has 2 rings (SSSR count). The summed E-state index contributed by atoms with van der Waals surface area (Å²) in [6.07, 6.45) is -3.77. The zero-order chi connectivity index (χ0) is 17.0. The standard InChI is InChI=1S/C18H20F3NO.ClH/c1-12(2)9-13-3-5-14(6-4-13)15-7-8-16(11-22)17(10-15)23-18(19,20)21;/h3-8,10,12H,9,11,22H2,1-2H3;1H. The van der Waals surface area contributed by atoms with Gasteiger partial charge in [0.05, 0.1) is 0 Å². The Morgan fingerprint density at radius 2 is 1.58 bits per heavy atom. The minimum Gasteiger partial charge on any atom is -0.405 e. The number of hydrogen-bond donors (Lipinski definition) is 1. The summed E-state index contributed by atoms with van der Waals surface area (Å²) in [5.41, 5.74) is 8.51. The molecule has 0 aliphatic carbocycles. The fourth-order valence-electron chi connectivity index (χ4n) is 2.43. The number of halogens is 4. The summed E-state index contributed by atoms with van der Waals surface area (Å²) in [5, 5.41) is 0. The summed E-state index contributed by atoms with van der Waals surface area (Å²) < 4.78 is 41.6. The molecule has 0 spiro atoms. The topological polar surface area (TPSA) is 35.2 Å². The van der Waals surface area contributed by atoms with Crippen LogP contribution in [0.15, 0.2) is 42.5 Å². The molecule has 0 unspecified atom stereocenters. The molecule has 2 N–H and O–H groups in total. The Kier molecular flexibility index (Phi) is 7.11. The van der Waals surface area contributed by atoms with E-state index in [9.17, 15) is 13.2 Å². The average Bonchev–Trinajstić information content (AvgIpc) is 2.45. The maximum absolute atomic E-state index is 12.5. The van der Waals surface area contributed by atoms with Crippen LogP contribution in [0.2, 0.25) is 0 Å². The van der Waals surface area contributed by atoms with E-state index in [-0.39, 0.29) is 24.7 Å². The van der Waals surface area contributed by atoms with Gasteiger partial charge in [0.25, 0.3) is 0 Å². The first kappa shape index (κ1) is 20.3. The van der Waals surface area contributed by atoms with Crippen molar-refractivity contribution in [1.29, 1.82) is 0 Å². The van der Waals surface area contributed by atoms with Crippen LogP contribution in [0.5, 0.6) is 5.75 Å². The van der Waals surface area contributed by atoms with Crippen LogP contribution in [-0.4, -0.2) is 6.36 Å². The largest absolute Gasteiger partial charge is 0.573 e. The van der Waals surface area contributed by atoms with Gasteiger partial charge in [-0.25, -0.2) is 0 Å². The first-order valence-corrected chi connectivity index (χ1v) is 7.46. The van der Waals surface area contributed by atoms with E-state index in [1.165, 1.54) is 11.6 Å². The van der Waals surface area contributed by atoms with E-state index in [2.05, 4.69) is 18.6 Å². The van der Waals surface area contributed by atoms with Crippen LogP contribution in [0.4, 0.5) is 13.2 Å². The van der Waals surface area contributed by atoms with Gasteiger partial charge in [-0.3, -0.25) is 0 Å². The van der Waals surface area contributed by atoms with E-state index >= 15 is 0 Å². The summed E-state index contributed by atoms with van der Waals surface area (Å²) >= 11 is 0. The predicted octanol–water partition coefficient (Wildman–Crippen LogP) is 5.33. The smallest absolute Gasteiger partial charge is 0.405 e. The van der Waals surface area contributed by atoms with Crippen LogP contribution in [0.3, 0.4) is 0 Å². The molecule has 0 bridgehead atoms. The van der Waals surface area contributed by atoms with E-state index in [4.69, 9.17) is 5.73 Å². The van der Waals surface area contributed by atoms with Crippen LogP contribution in [-0.2, 0) is 13.0 Å². The maximum atomic E-state index is 12.5. The van der Waals surface area contributed by atoms with Crippen LogP contribution in [0, 0.1) is 5.92 Å². The lowest BCUT2D eigenvalue weighted by atomic mass is 9.98. The number of hydrogen-bond acceptors (Lipinski definition) is 2. The third-order valence-electron chi connectivity index (χ3n) is 3.44. The van der Waals surface area contributed by atoms with Crippen molar-refractivity contribution in [3.05, 3.63) is 53.6 Å². The van der Waals surface area contributed by atoms with Crippen molar-refractivity contribution in [3.63, 3.8) is 0 Å². The summed E-state index contributed by atoms with van der Waals surface area (Å²) in [4.78, 5) is 0. The van der Waals surface area contributed by atoms with Gasteiger partial charge in [0.2, 0.25) is 0 Å². The first-order chi connectivity index (χ1) is 10.8. The number of alkyl halides is 3. The third-order valence-corrected chi connectivity index (χ3v) is 3.44. The molecular weight excluding hydrogens is 339 g/mol. The Balaban J connectivity index is 0.00000288. The highest BCUT2D eigenvalue weighted by molar-refractivity contribution is 5.85. The highest BCUT2D eigenvalue weighted by Gasteiger charge is 2.32. The Morgan fingerprint density at radius 3 is 2.08 bits per heavy atom. The third kappa shape index (κ3) is 5.73. The van der Waals surface area contributed by atoms with Crippen LogP contribution in [0.25, 0.3) is 11.1 Å². The minimum absolute atomic E-state index is 0. The van der Waals surface area contributed by atoms with Crippen LogP contribution in [0.1, 0.15) is 25.0 Å². The van der Waals surface area contributed by atoms with Crippen molar-refractivity contribution in [2.24, 2.45) is 11.7 Å². The molecule has 0 amide bonds. The molecule has 0 saturated carbocycles. The average molecular weight is 360 g/mol. The highest BCUT2D eigenvalue weighted by atomic mass is 35.5. The maximum Gasteiger partial charge on any atom is 0.573 e. The van der Waals surface area contributed by atoms with Crippen molar-refractivity contribution < 1.29 is 17.9 Å². The number of rotatable bonds is 5. The lowest BCUT2D eigenvalue weighted by Gasteiger charge is -2.14. The fraction of sp³-hybridized carbons (Fsp3) is 0.333. The summed E-state index contributed by atoms with van der Waals surface area (Å²) in [7, 11) is 0. The second-order valence-corrected chi connectivity index (χ2v) is 5.87. The Hall–Kier alpha value is -1.72. The van der Waals surface area contributed by atoms with E-state index < -0.39 is 6.36 Å². The molecule has 0 saturated heterocycles. The van der Waals surface area contributed by atoms with Crippen molar-refractivity contribution in [3.8, 4) is 16.9 Å². The molecule has 0 aromatic heterocycles. The first-order valence-electron chi connectivity index (χ1n) is 7.46. The van der Waals surface area contributed by atoms with Gasteiger partial charge in [-0.05, 0) is 35.1 Å². The number of nitrogens with two attached hydrogens (primary N) is 1. The van der Waals surface area contributed by atoms with Gasteiger partial charge >= 0.3 is 6.36 Å². The van der Waals surface area contributed by atoms with Crippen LogP contribution < -0.4 is 10.5 Å². The molecule has 0 atom stereocenters. The normalized spacial score (nSPS) is 11.3. The molecule has 24 heavy (non-hydrogen) atoms. The molecule has 0 aliphatic rings. The fourth-order valence-corrected chi connectivity index (χ4v) is 2.43. The zero-order valence-corrected chi connectivity index (χ0v) is 14.4. The Bertz CT molecular complexity index is 654. The van der Waals surface area contributed by atoms with Crippen LogP contribution >= 0.6 is 12.4 Å². The predicted molar refractivity (Wildman–Crippen MR) is 92.2 cm³/mol. The number of benzene rings is 2. The molecule has 6 heteroatoms. The summed E-state index contributed by atoms with van der Waals surface area (Å²) in [6.45, 7) is 4.26. The van der Waals surface area contributed by atoms with Gasteiger partial charge in [0, 0.05) is 12.1 Å². The van der Waals surface area contributed by atoms with Crippen molar-refractivity contribution in [2.75, 3.05) is 0 Å². The quantitative estimate of drug-likeness (QED) is 0.783. The van der Waals surface area contributed by atoms with Gasteiger partial charge in [0.1, 0.15) is 5.75 Å². The minimum atomic E-state index is -4.73. The molecular formula is C18H21ClF3NO. The molecule has 132 valence electrons. The highest BCUT2D eigenvalue weighted by Crippen LogP contribution is 2.31. The number of ether oxygens (including phenoxy) is 1. The molecule has 0 fully saturated rings. The molecule has 2 aromatic rings. The van der Waals surface area contributed by atoms with E-state index in [1.54, 1.807) is 12.1 Å². The van der Waals surface area contributed by atoms with Crippen molar-refractivity contribution in [2.45, 2.75) is 33.2 Å². The Morgan fingerprint density at radius 1 is 1.00 bits per heavy atom. The lowest BCUT2D eigenvalue weighted by Crippen LogP contribution is -2.18. The molecule has 2 aromatic carbocycles. The molecule has 0 heterocycles. The van der Waals surface area contributed by atoms with Gasteiger partial charge in [-0.1, -0.05) is 50.2 Å². The zero-order valence-electron chi connectivity index (χ0n) is 13.6. The monoisotopic (exact) mass is 359 g/mol. The second kappa shape index (κ2) is 8.40. The second-order valence-electron chi connectivity index (χ2n) is 5.87. The van der Waals surface area contributed by atoms with E-state index in [0.29, 0.717) is 17.0 Å². The van der Waals surface area contributed by atoms with E-state index in [1.807, 2.05) is 24.3 Å².